The molecule has 1 heterocycles. The van der Waals surface area contributed by atoms with Crippen LogP contribution in [0.5, 0.6) is 0 Å². The van der Waals surface area contributed by atoms with E-state index in [1.807, 2.05) is 0 Å². The number of aromatic nitrogens is 2. The average Bonchev–Trinajstić information content (AvgIpc) is 2.51. The van der Waals surface area contributed by atoms with Gasteiger partial charge < -0.3 is 11.1 Å². The molecule has 1 aromatic rings. The maximum atomic E-state index is 11.3. The lowest BCUT2D eigenvalue weighted by Crippen LogP contribution is -2.42. The summed E-state index contributed by atoms with van der Waals surface area (Å²) in [4.78, 5) is 21.9. The van der Waals surface area contributed by atoms with E-state index in [1.54, 1.807) is 0 Å². The van der Waals surface area contributed by atoms with Gasteiger partial charge in [-0.2, -0.15) is 0 Å². The minimum Gasteiger partial charge on any atom is -0.368 e. The number of hydrogen-bond donors (Lipinski definition) is 2. The van der Waals surface area contributed by atoms with Crippen LogP contribution in [0.25, 0.3) is 0 Å². The average molecular weight is 235 g/mol. The van der Waals surface area contributed by atoms with Gasteiger partial charge in [0.15, 0.2) is 0 Å². The van der Waals surface area contributed by atoms with Gasteiger partial charge in [0.1, 0.15) is 6.04 Å². The Bertz CT molecular complexity index is 366. The minimum absolute atomic E-state index is 0.100. The highest BCUT2D eigenvalue weighted by atomic mass is 35.5. The Morgan fingerprint density at radius 2 is 2.21 bits per heavy atom. The van der Waals surface area contributed by atoms with Crippen molar-refractivity contribution in [2.24, 2.45) is 5.73 Å². The van der Waals surface area contributed by atoms with E-state index in [4.69, 9.17) is 17.3 Å². The molecule has 1 rings (SSSR count). The van der Waals surface area contributed by atoms with E-state index >= 15 is 0 Å². The molecular weight excluding hydrogens is 228 g/mol. The third kappa shape index (κ3) is 2.64. The van der Waals surface area contributed by atoms with Crippen LogP contribution in [0.1, 0.15) is 16.7 Å². The van der Waals surface area contributed by atoms with Crippen molar-refractivity contribution in [1.29, 1.82) is 0 Å². The van der Waals surface area contributed by atoms with Crippen molar-refractivity contribution in [2.75, 3.05) is 0 Å². The van der Waals surface area contributed by atoms with Crippen molar-refractivity contribution < 1.29 is 9.59 Å². The van der Waals surface area contributed by atoms with Gasteiger partial charge in [0.2, 0.25) is 15.4 Å². The van der Waals surface area contributed by atoms with Gasteiger partial charge >= 0.3 is 0 Å². The van der Waals surface area contributed by atoms with Gasteiger partial charge in [-0.3, -0.25) is 9.59 Å². The Hall–Kier alpha value is -1.21. The van der Waals surface area contributed by atoms with Crippen molar-refractivity contribution in [2.45, 2.75) is 13.0 Å². The van der Waals surface area contributed by atoms with Crippen LogP contribution >= 0.6 is 22.9 Å². The normalized spacial score (nSPS) is 12.1. The lowest BCUT2D eigenvalue weighted by Gasteiger charge is -2.07. The largest absolute Gasteiger partial charge is 0.368 e. The molecule has 0 aliphatic heterocycles. The molecule has 8 heteroatoms. The minimum atomic E-state index is -0.745. The highest BCUT2D eigenvalue weighted by Crippen LogP contribution is 2.14. The van der Waals surface area contributed by atoms with Gasteiger partial charge in [-0.1, -0.05) is 11.3 Å². The van der Waals surface area contributed by atoms with E-state index in [0.29, 0.717) is 0 Å². The van der Waals surface area contributed by atoms with Crippen LogP contribution in [0.4, 0.5) is 0 Å². The second kappa shape index (κ2) is 4.34. The summed E-state index contributed by atoms with van der Waals surface area (Å²) in [7, 11) is 0. The lowest BCUT2D eigenvalue weighted by molar-refractivity contribution is -0.119. The predicted molar refractivity (Wildman–Crippen MR) is 51.0 cm³/mol. The Morgan fingerprint density at radius 1 is 1.57 bits per heavy atom. The molecule has 0 bridgehead atoms. The Morgan fingerprint density at radius 3 is 2.64 bits per heavy atom. The number of carbonyl (C=O) groups is 2. The number of primary amides is 1. The van der Waals surface area contributed by atoms with E-state index in [2.05, 4.69) is 15.5 Å². The molecule has 1 atom stereocenters. The monoisotopic (exact) mass is 234 g/mol. The molecule has 2 amide bonds. The van der Waals surface area contributed by atoms with Crippen molar-refractivity contribution >= 4 is 34.8 Å². The van der Waals surface area contributed by atoms with E-state index in [0.717, 1.165) is 11.3 Å². The van der Waals surface area contributed by atoms with Crippen LogP contribution in [0, 0.1) is 0 Å². The molecule has 6 nitrogen and oxygen atoms in total. The zero-order valence-corrected chi connectivity index (χ0v) is 8.72. The van der Waals surface area contributed by atoms with Crippen molar-refractivity contribution in [3.8, 4) is 0 Å². The summed E-state index contributed by atoms with van der Waals surface area (Å²) < 4.78 is 0.168. The quantitative estimate of drug-likeness (QED) is 0.756. The zero-order chi connectivity index (χ0) is 10.7. The second-order valence-electron chi connectivity index (χ2n) is 2.46. The molecule has 1 unspecified atom stereocenters. The van der Waals surface area contributed by atoms with Gasteiger partial charge in [-0.15, -0.1) is 10.2 Å². The summed E-state index contributed by atoms with van der Waals surface area (Å²) >= 11 is 6.41. The number of rotatable bonds is 3. The highest BCUT2D eigenvalue weighted by Gasteiger charge is 2.16. The third-order valence-corrected chi connectivity index (χ3v) is 2.39. The summed E-state index contributed by atoms with van der Waals surface area (Å²) in [5.74, 6) is -1.13. The smallest absolute Gasteiger partial charge is 0.282 e. The Balaban J connectivity index is 2.63. The van der Waals surface area contributed by atoms with Crippen LogP contribution in [0.3, 0.4) is 0 Å². The van der Waals surface area contributed by atoms with Crippen LogP contribution < -0.4 is 11.1 Å². The van der Waals surface area contributed by atoms with E-state index < -0.39 is 17.9 Å². The molecule has 1 aromatic heterocycles. The zero-order valence-electron chi connectivity index (χ0n) is 7.15. The third-order valence-electron chi connectivity index (χ3n) is 1.37. The van der Waals surface area contributed by atoms with Crippen LogP contribution in [0.2, 0.25) is 4.47 Å². The molecule has 0 fully saturated rings. The maximum absolute atomic E-state index is 11.3. The first-order valence-electron chi connectivity index (χ1n) is 3.60. The summed E-state index contributed by atoms with van der Waals surface area (Å²) in [5, 5.41) is 9.39. The Kier molecular flexibility index (Phi) is 3.37. The van der Waals surface area contributed by atoms with Crippen molar-refractivity contribution in [1.82, 2.24) is 15.5 Å². The number of nitrogens with two attached hydrogens (primary N) is 1. The summed E-state index contributed by atoms with van der Waals surface area (Å²) in [6.45, 7) is 1.48. The number of nitrogens with zero attached hydrogens (tertiary/aromatic N) is 2. The Labute approximate surface area is 88.5 Å². The molecule has 3 N–H and O–H groups in total. The van der Waals surface area contributed by atoms with E-state index in [-0.39, 0.29) is 9.47 Å². The van der Waals surface area contributed by atoms with Gasteiger partial charge in [0, 0.05) is 0 Å². The van der Waals surface area contributed by atoms with Crippen LogP contribution in [-0.2, 0) is 4.79 Å². The molecule has 0 spiro atoms. The number of amides is 2. The fourth-order valence-corrected chi connectivity index (χ4v) is 1.36. The molecule has 14 heavy (non-hydrogen) atoms. The molecule has 0 aliphatic rings. The van der Waals surface area contributed by atoms with Gasteiger partial charge in [-0.25, -0.2) is 0 Å². The number of halogens is 1. The number of carbonyl (C=O) groups excluding carboxylic acids is 2. The molecule has 0 saturated carbocycles. The second-order valence-corrected chi connectivity index (χ2v) is 4.02. The summed E-state index contributed by atoms with van der Waals surface area (Å²) in [6, 6.07) is -0.745. The number of nitrogens with one attached hydrogen (secondary N) is 1. The van der Waals surface area contributed by atoms with E-state index in [9.17, 15) is 9.59 Å². The highest BCUT2D eigenvalue weighted by molar-refractivity contribution is 7.17. The van der Waals surface area contributed by atoms with Gasteiger partial charge in [0.05, 0.1) is 0 Å². The lowest BCUT2D eigenvalue weighted by atomic mass is 10.3. The van der Waals surface area contributed by atoms with E-state index in [1.165, 1.54) is 6.92 Å². The predicted octanol–water partition coefficient (Wildman–Crippen LogP) is -0.205. The summed E-state index contributed by atoms with van der Waals surface area (Å²) in [6.07, 6.45) is 0. The van der Waals surface area contributed by atoms with Gasteiger partial charge in [-0.05, 0) is 18.5 Å². The fourth-order valence-electron chi connectivity index (χ4n) is 0.627. The first-order chi connectivity index (χ1) is 6.50. The van der Waals surface area contributed by atoms with Crippen molar-refractivity contribution in [3.05, 3.63) is 9.47 Å². The van der Waals surface area contributed by atoms with Crippen LogP contribution in [-0.4, -0.2) is 28.1 Å². The topological polar surface area (TPSA) is 98.0 Å². The fraction of sp³-hybridized carbons (Fsp3) is 0.333. The maximum Gasteiger partial charge on any atom is 0.282 e. The van der Waals surface area contributed by atoms with Crippen LogP contribution in [0.15, 0.2) is 0 Å². The molecule has 0 aromatic carbocycles. The molecular formula is C6H7ClN4O2S. The standard InChI is InChI=1S/C6H7ClN4O2S/c1-2(3(8)12)9-4(13)5-10-11-6(7)14-5/h2H,1H3,(H2,8,12)(H,9,13). The summed E-state index contributed by atoms with van der Waals surface area (Å²) in [5.41, 5.74) is 4.96. The first-order valence-corrected chi connectivity index (χ1v) is 4.79. The molecule has 76 valence electrons. The van der Waals surface area contributed by atoms with Gasteiger partial charge in [0.25, 0.3) is 5.91 Å². The molecule has 0 radical (unpaired) electrons. The number of hydrogen-bond acceptors (Lipinski definition) is 5. The molecule has 0 aliphatic carbocycles. The van der Waals surface area contributed by atoms with Crippen molar-refractivity contribution in [3.63, 3.8) is 0 Å². The SMILES string of the molecule is CC(NC(=O)c1nnc(Cl)s1)C(N)=O. The first kappa shape index (κ1) is 10.9. The molecule has 0 saturated heterocycles.